The summed E-state index contributed by atoms with van der Waals surface area (Å²) in [5.41, 5.74) is -1.59. The van der Waals surface area contributed by atoms with Crippen LogP contribution in [-0.4, -0.2) is 73.0 Å². The summed E-state index contributed by atoms with van der Waals surface area (Å²) < 4.78 is 54.5. The third-order valence-electron chi connectivity index (χ3n) is 5.58. The lowest BCUT2D eigenvalue weighted by Crippen LogP contribution is -2.59. The number of aliphatic hydroxyl groups is 3. The summed E-state index contributed by atoms with van der Waals surface area (Å²) in [5.74, 6) is -4.05. The number of aliphatic carboxylic acids is 1. The van der Waals surface area contributed by atoms with Gasteiger partial charge < -0.3 is 30.5 Å². The molecule has 1 aromatic heterocycles. The Morgan fingerprint density at radius 2 is 2.03 bits per heavy atom. The van der Waals surface area contributed by atoms with Gasteiger partial charge in [-0.25, -0.2) is 9.48 Å². The van der Waals surface area contributed by atoms with E-state index in [1.807, 2.05) is 0 Å². The van der Waals surface area contributed by atoms with Gasteiger partial charge in [0.15, 0.2) is 1.41 Å². The number of aromatic nitrogens is 2. The van der Waals surface area contributed by atoms with Crippen LogP contribution >= 0.6 is 0 Å². The largest absolute Gasteiger partial charge is 0.478 e. The van der Waals surface area contributed by atoms with E-state index in [-0.39, 0.29) is 10.9 Å². The molecular weight excluding hydrogens is 489 g/mol. The predicted octanol–water partition coefficient (Wildman–Crippen LogP) is 0.690. The van der Waals surface area contributed by atoms with E-state index in [9.17, 15) is 48.4 Å². The van der Waals surface area contributed by atoms with E-state index < -0.39 is 78.0 Å². The summed E-state index contributed by atoms with van der Waals surface area (Å²) in [5, 5.41) is 53.7. The molecule has 1 amide bonds. The molecule has 3 rings (SSSR count). The molecule has 1 aliphatic heterocycles. The molecule has 11 nitrogen and oxygen atoms in total. The zero-order valence-corrected chi connectivity index (χ0v) is 18.9. The Morgan fingerprint density at radius 1 is 1.36 bits per heavy atom. The van der Waals surface area contributed by atoms with Gasteiger partial charge in [-0.1, -0.05) is 13.8 Å². The summed E-state index contributed by atoms with van der Waals surface area (Å²) in [7, 11) is 0. The van der Waals surface area contributed by atoms with E-state index in [1.54, 1.807) is 6.07 Å². The fourth-order valence-electron chi connectivity index (χ4n) is 3.69. The number of hydrogen-bond acceptors (Lipinski definition) is 8. The molecule has 1 aromatic carbocycles. The molecule has 0 bridgehead atoms. The number of nitrogens with one attached hydrogen (secondary N) is 1. The molecule has 0 saturated carbocycles. The molecule has 5 atom stereocenters. The number of amides is 1. The highest BCUT2D eigenvalue weighted by Gasteiger charge is 2.46. The van der Waals surface area contributed by atoms with Crippen molar-refractivity contribution in [1.29, 1.82) is 5.26 Å². The van der Waals surface area contributed by atoms with Crippen LogP contribution in [0.1, 0.15) is 31.1 Å². The van der Waals surface area contributed by atoms with Crippen LogP contribution in [0.4, 0.5) is 13.2 Å². The van der Waals surface area contributed by atoms with Crippen LogP contribution in [-0.2, 0) is 20.5 Å². The van der Waals surface area contributed by atoms with Gasteiger partial charge in [0, 0.05) is 11.3 Å². The third kappa shape index (κ3) is 5.13. The minimum absolute atomic E-state index is 0.0701. The van der Waals surface area contributed by atoms with Crippen molar-refractivity contribution < 1.29 is 49.3 Å². The van der Waals surface area contributed by atoms with Crippen molar-refractivity contribution in [2.24, 2.45) is 5.92 Å². The summed E-state index contributed by atoms with van der Waals surface area (Å²) in [6.45, 7) is 1.92. The lowest BCUT2D eigenvalue weighted by molar-refractivity contribution is -0.147. The number of ether oxygens (including phenoxy) is 1. The van der Waals surface area contributed by atoms with Crippen LogP contribution in [0, 0.1) is 17.2 Å². The molecule has 0 aliphatic carbocycles. The first-order valence-corrected chi connectivity index (χ1v) is 10.6. The van der Waals surface area contributed by atoms with Gasteiger partial charge in [-0.15, -0.1) is 0 Å². The number of halogens is 3. The van der Waals surface area contributed by atoms with Crippen molar-refractivity contribution >= 4 is 22.8 Å². The van der Waals surface area contributed by atoms with E-state index in [0.29, 0.717) is 11.4 Å². The standard InChI is InChI=1S/C22H23F3N4O7/c1-9(2)20(33)27-17-13(6-16(21(34)35)36-19(17)18(32)15(31)8-30)29-14(7-26)11-5-10(22(23,24)25)3-4-12(11)28-29/h3-6,9,13,15,17-19,30-32H,8H2,1-2H3,(H,27,33)(H,34,35)/t13-,15+,17+,18+,19+/m0/s1/i/hD. The lowest BCUT2D eigenvalue weighted by atomic mass is 9.91. The molecule has 0 unspecified atom stereocenters. The van der Waals surface area contributed by atoms with Crippen LogP contribution in [0.15, 0.2) is 30.0 Å². The maximum Gasteiger partial charge on any atom is 0.416 e. The van der Waals surface area contributed by atoms with Crippen molar-refractivity contribution in [3.8, 4) is 6.07 Å². The quantitative estimate of drug-likeness (QED) is 0.356. The summed E-state index contributed by atoms with van der Waals surface area (Å²) >= 11 is 0. The van der Waals surface area contributed by atoms with Gasteiger partial charge in [0.05, 0.1) is 29.8 Å². The van der Waals surface area contributed by atoms with Crippen LogP contribution < -0.4 is 5.31 Å². The molecule has 194 valence electrons. The number of carbonyl (C=O) groups is 2. The third-order valence-corrected chi connectivity index (χ3v) is 5.58. The van der Waals surface area contributed by atoms with Crippen LogP contribution in [0.5, 0.6) is 0 Å². The molecule has 2 heterocycles. The first kappa shape index (κ1) is 25.4. The van der Waals surface area contributed by atoms with E-state index in [2.05, 4.69) is 5.10 Å². The minimum atomic E-state index is -4.74. The number of nitriles is 1. The monoisotopic (exact) mass is 513 g/mol. The number of aliphatic hydroxyl groups excluding tert-OH is 3. The summed E-state index contributed by atoms with van der Waals surface area (Å²) in [6, 6.07) is 0.993. The van der Waals surface area contributed by atoms with E-state index >= 15 is 0 Å². The fourth-order valence-corrected chi connectivity index (χ4v) is 3.69. The van der Waals surface area contributed by atoms with Crippen LogP contribution in [0.3, 0.4) is 0 Å². The van der Waals surface area contributed by atoms with Gasteiger partial charge in [-0.2, -0.15) is 23.5 Å². The zero-order chi connectivity index (χ0) is 27.8. The Morgan fingerprint density at radius 3 is 2.56 bits per heavy atom. The number of carboxylic acids is 1. The van der Waals surface area contributed by atoms with Gasteiger partial charge in [-0.3, -0.25) is 4.79 Å². The summed E-state index contributed by atoms with van der Waals surface area (Å²) in [4.78, 5) is 24.6. The number of carboxylic acid groups (broad SMARTS) is 1. The Bertz CT molecular complexity index is 1270. The average molecular weight is 513 g/mol. The number of nitrogens with zero attached hydrogens (tertiary/aromatic N) is 3. The Labute approximate surface area is 203 Å². The Balaban J connectivity index is 2.31. The number of fused-ring (bicyclic) bond motifs is 1. The summed E-state index contributed by atoms with van der Waals surface area (Å²) in [6.07, 6.45) is -9.58. The molecule has 0 fully saturated rings. The Hall–Kier alpha value is -3.67. The molecule has 14 heteroatoms. The predicted molar refractivity (Wildman–Crippen MR) is 115 cm³/mol. The van der Waals surface area contributed by atoms with Crippen LogP contribution in [0.25, 0.3) is 10.9 Å². The van der Waals surface area contributed by atoms with Gasteiger partial charge in [0.2, 0.25) is 11.7 Å². The van der Waals surface area contributed by atoms with Gasteiger partial charge in [0.1, 0.15) is 30.1 Å². The highest BCUT2D eigenvalue weighted by Crippen LogP contribution is 2.35. The first-order valence-electron chi connectivity index (χ1n) is 11.1. The van der Waals surface area contributed by atoms with Gasteiger partial charge in [0.25, 0.3) is 0 Å². The van der Waals surface area contributed by atoms with E-state index in [4.69, 9.17) is 6.15 Å². The maximum atomic E-state index is 13.3. The minimum Gasteiger partial charge on any atom is -0.478 e. The smallest absolute Gasteiger partial charge is 0.416 e. The van der Waals surface area contributed by atoms with Crippen molar-refractivity contribution in [3.05, 3.63) is 41.3 Å². The SMILES string of the molecule is [2H]N(C(=O)C(C)C)[C@H]1[C@H]([C@H](O)[C@H](O)CO)OC(C(=O)O)=C[C@@H]1n1nc2ccc(C(F)(F)F)cc2c1C#N. The molecule has 2 aromatic rings. The second-order valence-corrected chi connectivity index (χ2v) is 8.40. The maximum absolute atomic E-state index is 13.3. The number of rotatable bonds is 7. The van der Waals surface area contributed by atoms with E-state index in [1.165, 1.54) is 13.8 Å². The van der Waals surface area contributed by atoms with Crippen molar-refractivity contribution in [2.75, 3.05) is 6.61 Å². The highest BCUT2D eigenvalue weighted by atomic mass is 19.4. The Kier molecular flexibility index (Phi) is 7.16. The molecule has 1 aliphatic rings. The lowest BCUT2D eigenvalue weighted by Gasteiger charge is -2.40. The molecule has 0 saturated heterocycles. The van der Waals surface area contributed by atoms with Gasteiger partial charge >= 0.3 is 12.1 Å². The normalized spacial score (nSPS) is 22.3. The zero-order valence-electron chi connectivity index (χ0n) is 19.9. The average Bonchev–Trinajstić information content (AvgIpc) is 3.23. The van der Waals surface area contributed by atoms with Gasteiger partial charge in [-0.05, 0) is 24.3 Å². The topological polar surface area (TPSA) is 178 Å². The second kappa shape index (κ2) is 10.1. The van der Waals surface area contributed by atoms with E-state index in [0.717, 1.165) is 22.9 Å². The number of carbonyl (C=O) groups excluding carboxylic acids is 1. The van der Waals surface area contributed by atoms with Crippen molar-refractivity contribution in [1.82, 2.24) is 15.1 Å². The number of hydrogen-bond donors (Lipinski definition) is 5. The molecule has 5 N–H and O–H groups in total. The van der Waals surface area contributed by atoms with Crippen LogP contribution in [0.2, 0.25) is 1.41 Å². The molecule has 0 spiro atoms. The molecule has 36 heavy (non-hydrogen) atoms. The second-order valence-electron chi connectivity index (χ2n) is 8.40. The fraction of sp³-hybridized carbons (Fsp3) is 0.455. The van der Waals surface area contributed by atoms with Crippen molar-refractivity contribution in [3.63, 3.8) is 0 Å². The highest BCUT2D eigenvalue weighted by molar-refractivity contribution is 5.86. The number of alkyl halides is 3. The van der Waals surface area contributed by atoms with Crippen molar-refractivity contribution in [2.45, 2.75) is 50.4 Å². The number of benzene rings is 1. The molecule has 0 radical (unpaired) electrons. The molecular formula is C22H23F3N4O7. The first-order chi connectivity index (χ1) is 17.2.